The minimum absolute atomic E-state index is 0.410. The van der Waals surface area contributed by atoms with Crippen molar-refractivity contribution in [2.24, 2.45) is 5.73 Å². The fraction of sp³-hybridized carbons (Fsp3) is 0. The molecule has 3 heteroatoms. The first kappa shape index (κ1) is 12.7. The van der Waals surface area contributed by atoms with E-state index < -0.39 is 5.91 Å². The number of hydrogen-bond donors (Lipinski definition) is 2. The predicted octanol–water partition coefficient (Wildman–Crippen LogP) is 4.09. The van der Waals surface area contributed by atoms with Gasteiger partial charge < -0.3 is 10.7 Å². The largest absolute Gasteiger partial charge is 0.366 e. The highest BCUT2D eigenvalue weighted by Gasteiger charge is 2.14. The van der Waals surface area contributed by atoms with Crippen molar-refractivity contribution in [2.45, 2.75) is 0 Å². The lowest BCUT2D eigenvalue weighted by Gasteiger charge is -2.08. The monoisotopic (exact) mass is 286 g/mol. The van der Waals surface area contributed by atoms with Gasteiger partial charge in [-0.05, 0) is 29.3 Å². The second kappa shape index (κ2) is 4.74. The molecule has 0 spiro atoms. The number of aromatic amines is 1. The number of amides is 1. The second-order valence-corrected chi connectivity index (χ2v) is 5.31. The van der Waals surface area contributed by atoms with E-state index in [-0.39, 0.29) is 0 Å². The summed E-state index contributed by atoms with van der Waals surface area (Å²) in [5.41, 5.74) is 10.1. The maximum absolute atomic E-state index is 11.7. The highest BCUT2D eigenvalue weighted by molar-refractivity contribution is 6.16. The van der Waals surface area contributed by atoms with Gasteiger partial charge in [-0.25, -0.2) is 0 Å². The maximum Gasteiger partial charge on any atom is 0.249 e. The van der Waals surface area contributed by atoms with Crippen molar-refractivity contribution in [3.8, 4) is 11.1 Å². The number of carbonyl (C=O) groups is 1. The van der Waals surface area contributed by atoms with E-state index in [0.717, 1.165) is 32.9 Å². The van der Waals surface area contributed by atoms with Gasteiger partial charge in [-0.15, -0.1) is 0 Å². The average Bonchev–Trinajstić information content (AvgIpc) is 2.93. The predicted molar refractivity (Wildman–Crippen MR) is 89.8 cm³/mol. The molecule has 1 aromatic heterocycles. The standard InChI is InChI=1S/C19H14N2O/c20-19(22)14-7-2-1-6-12(14)13-9-5-11-17-18(13)15-8-3-4-10-16(15)21-17/h1-11,21H,(H2,20,22). The molecule has 3 nitrogen and oxygen atoms in total. The lowest BCUT2D eigenvalue weighted by Crippen LogP contribution is -2.12. The summed E-state index contributed by atoms with van der Waals surface area (Å²) in [5.74, 6) is -0.410. The summed E-state index contributed by atoms with van der Waals surface area (Å²) in [5, 5.41) is 2.26. The van der Waals surface area contributed by atoms with Crippen LogP contribution in [0.2, 0.25) is 0 Å². The van der Waals surface area contributed by atoms with Crippen LogP contribution in [0.4, 0.5) is 0 Å². The number of nitrogens with two attached hydrogens (primary N) is 1. The summed E-state index contributed by atoms with van der Waals surface area (Å²) < 4.78 is 0. The lowest BCUT2D eigenvalue weighted by molar-refractivity contribution is 0.100. The van der Waals surface area contributed by atoms with E-state index in [1.165, 1.54) is 0 Å². The molecule has 4 aromatic rings. The van der Waals surface area contributed by atoms with Gasteiger partial charge in [-0.2, -0.15) is 0 Å². The van der Waals surface area contributed by atoms with E-state index in [1.54, 1.807) is 6.07 Å². The first-order chi connectivity index (χ1) is 10.8. The van der Waals surface area contributed by atoms with Gasteiger partial charge in [-0.3, -0.25) is 4.79 Å². The normalized spacial score (nSPS) is 11.1. The third kappa shape index (κ3) is 1.79. The zero-order valence-electron chi connectivity index (χ0n) is 11.8. The van der Waals surface area contributed by atoms with Crippen LogP contribution in [0, 0.1) is 0 Å². The van der Waals surface area contributed by atoms with Crippen molar-refractivity contribution < 1.29 is 4.79 Å². The summed E-state index contributed by atoms with van der Waals surface area (Å²) in [6.45, 7) is 0. The van der Waals surface area contributed by atoms with Crippen molar-refractivity contribution in [2.75, 3.05) is 0 Å². The maximum atomic E-state index is 11.7. The molecule has 0 atom stereocenters. The number of carbonyl (C=O) groups excluding carboxylic acids is 1. The van der Waals surface area contributed by atoms with Crippen molar-refractivity contribution in [1.29, 1.82) is 0 Å². The molecule has 0 aliphatic carbocycles. The third-order valence-electron chi connectivity index (χ3n) is 4.01. The number of nitrogens with one attached hydrogen (secondary N) is 1. The van der Waals surface area contributed by atoms with E-state index >= 15 is 0 Å². The van der Waals surface area contributed by atoms with E-state index in [2.05, 4.69) is 17.1 Å². The first-order valence-corrected chi connectivity index (χ1v) is 7.14. The quantitative estimate of drug-likeness (QED) is 0.573. The fourth-order valence-corrected chi connectivity index (χ4v) is 3.06. The molecule has 0 unspecified atom stereocenters. The van der Waals surface area contributed by atoms with E-state index in [1.807, 2.05) is 48.5 Å². The zero-order chi connectivity index (χ0) is 15.1. The van der Waals surface area contributed by atoms with Crippen LogP contribution in [0.15, 0.2) is 66.7 Å². The van der Waals surface area contributed by atoms with E-state index in [9.17, 15) is 4.79 Å². The number of hydrogen-bond acceptors (Lipinski definition) is 1. The van der Waals surface area contributed by atoms with Gasteiger partial charge in [0.25, 0.3) is 0 Å². The van der Waals surface area contributed by atoms with Gasteiger partial charge in [0, 0.05) is 27.4 Å². The minimum Gasteiger partial charge on any atom is -0.366 e. The van der Waals surface area contributed by atoms with Gasteiger partial charge >= 0.3 is 0 Å². The van der Waals surface area contributed by atoms with Crippen molar-refractivity contribution in [3.05, 3.63) is 72.3 Å². The smallest absolute Gasteiger partial charge is 0.249 e. The molecule has 1 amide bonds. The number of H-pyrrole nitrogens is 1. The highest BCUT2D eigenvalue weighted by Crippen LogP contribution is 2.35. The molecule has 1 heterocycles. The molecule has 0 aliphatic rings. The minimum atomic E-state index is -0.410. The van der Waals surface area contributed by atoms with Gasteiger partial charge in [0.1, 0.15) is 0 Å². The molecular formula is C19H14N2O. The molecule has 3 N–H and O–H groups in total. The molecule has 106 valence electrons. The van der Waals surface area contributed by atoms with Gasteiger partial charge in [0.15, 0.2) is 0 Å². The second-order valence-electron chi connectivity index (χ2n) is 5.31. The number of fused-ring (bicyclic) bond motifs is 3. The van der Waals surface area contributed by atoms with Crippen LogP contribution in [0.1, 0.15) is 10.4 Å². The van der Waals surface area contributed by atoms with Crippen molar-refractivity contribution in [1.82, 2.24) is 4.98 Å². The molecule has 0 bridgehead atoms. The molecule has 0 saturated carbocycles. The van der Waals surface area contributed by atoms with Gasteiger partial charge in [0.05, 0.1) is 0 Å². The van der Waals surface area contributed by atoms with Crippen LogP contribution in [-0.2, 0) is 0 Å². The van der Waals surface area contributed by atoms with E-state index in [0.29, 0.717) is 5.56 Å². The molecule has 0 aliphatic heterocycles. The Morgan fingerprint density at radius 1 is 0.773 bits per heavy atom. The summed E-state index contributed by atoms with van der Waals surface area (Å²) in [6, 6.07) is 21.7. The molecule has 4 rings (SSSR count). The van der Waals surface area contributed by atoms with Crippen LogP contribution in [0.25, 0.3) is 32.9 Å². The SMILES string of the molecule is NC(=O)c1ccccc1-c1cccc2[nH]c3ccccc3c12. The van der Waals surface area contributed by atoms with E-state index in [4.69, 9.17) is 5.73 Å². The fourth-order valence-electron chi connectivity index (χ4n) is 3.06. The van der Waals surface area contributed by atoms with Crippen molar-refractivity contribution >= 4 is 27.7 Å². The third-order valence-corrected chi connectivity index (χ3v) is 4.01. The topological polar surface area (TPSA) is 58.9 Å². The van der Waals surface area contributed by atoms with Gasteiger partial charge in [0.2, 0.25) is 5.91 Å². The Kier molecular flexibility index (Phi) is 2.73. The average molecular weight is 286 g/mol. The van der Waals surface area contributed by atoms with Crippen LogP contribution in [0.5, 0.6) is 0 Å². The summed E-state index contributed by atoms with van der Waals surface area (Å²) in [7, 11) is 0. The van der Waals surface area contributed by atoms with Gasteiger partial charge in [-0.1, -0.05) is 48.5 Å². The lowest BCUT2D eigenvalue weighted by atomic mass is 9.95. The molecule has 0 radical (unpaired) electrons. The molecule has 0 fully saturated rings. The molecule has 0 saturated heterocycles. The van der Waals surface area contributed by atoms with Crippen LogP contribution in [0.3, 0.4) is 0 Å². The number of primary amides is 1. The Bertz CT molecular complexity index is 1010. The summed E-state index contributed by atoms with van der Waals surface area (Å²) in [4.78, 5) is 15.2. The Balaban J connectivity index is 2.14. The first-order valence-electron chi connectivity index (χ1n) is 7.14. The molecule has 3 aromatic carbocycles. The Morgan fingerprint density at radius 3 is 2.32 bits per heavy atom. The Hall–Kier alpha value is -3.07. The number of para-hydroxylation sites is 1. The highest BCUT2D eigenvalue weighted by atomic mass is 16.1. The summed E-state index contributed by atoms with van der Waals surface area (Å²) in [6.07, 6.45) is 0. The number of rotatable bonds is 2. The Labute approximate surface area is 127 Å². The number of benzene rings is 3. The zero-order valence-corrected chi connectivity index (χ0v) is 11.8. The van der Waals surface area contributed by atoms with Crippen LogP contribution < -0.4 is 5.73 Å². The molecule has 22 heavy (non-hydrogen) atoms. The summed E-state index contributed by atoms with van der Waals surface area (Å²) >= 11 is 0. The van der Waals surface area contributed by atoms with Crippen molar-refractivity contribution in [3.63, 3.8) is 0 Å². The number of aromatic nitrogens is 1. The Morgan fingerprint density at radius 2 is 1.45 bits per heavy atom. The van der Waals surface area contributed by atoms with Crippen LogP contribution in [-0.4, -0.2) is 10.9 Å². The molecular weight excluding hydrogens is 272 g/mol. The van der Waals surface area contributed by atoms with Crippen LogP contribution >= 0.6 is 0 Å².